The summed E-state index contributed by atoms with van der Waals surface area (Å²) in [6, 6.07) is 14.6. The minimum Gasteiger partial charge on any atom is -0.497 e. The summed E-state index contributed by atoms with van der Waals surface area (Å²) in [6.07, 6.45) is -3.31. The van der Waals surface area contributed by atoms with Crippen LogP contribution in [-0.4, -0.2) is 119 Å². The summed E-state index contributed by atoms with van der Waals surface area (Å²) in [6.45, 7) is 5.48. The Kier molecular flexibility index (Phi) is 17.7. The van der Waals surface area contributed by atoms with Gasteiger partial charge in [-0.25, -0.2) is 39.7 Å². The molecular formula is C57H52N14O10S6. The van der Waals surface area contributed by atoms with Crippen LogP contribution in [0.2, 0.25) is 0 Å². The number of nitrogens with zero attached hydrogens (tertiary/aromatic N) is 8. The quantitative estimate of drug-likeness (QED) is 0.0661. The lowest BCUT2D eigenvalue weighted by atomic mass is 10.00. The molecule has 7 aromatic heterocycles. The molecule has 87 heavy (non-hydrogen) atoms. The molecule has 7 amide bonds. The average molecular weight is 1290 g/mol. The van der Waals surface area contributed by atoms with Gasteiger partial charge in [0, 0.05) is 56.2 Å². The van der Waals surface area contributed by atoms with Crippen molar-refractivity contribution in [2.75, 3.05) is 20.2 Å². The van der Waals surface area contributed by atoms with Crippen molar-refractivity contribution in [3.8, 4) is 49.1 Å². The highest BCUT2D eigenvalue weighted by molar-refractivity contribution is 7.15. The van der Waals surface area contributed by atoms with Crippen molar-refractivity contribution in [2.24, 2.45) is 17.4 Å². The van der Waals surface area contributed by atoms with Gasteiger partial charge in [-0.05, 0) is 49.2 Å². The van der Waals surface area contributed by atoms with Gasteiger partial charge in [0.05, 0.1) is 37.9 Å². The van der Waals surface area contributed by atoms with Crippen LogP contribution in [0.15, 0.2) is 93.6 Å². The van der Waals surface area contributed by atoms with Gasteiger partial charge in [-0.15, -0.1) is 68.0 Å². The van der Waals surface area contributed by atoms with Crippen LogP contribution in [0.5, 0.6) is 5.75 Å². The van der Waals surface area contributed by atoms with Gasteiger partial charge >= 0.3 is 6.09 Å². The van der Waals surface area contributed by atoms with E-state index in [-0.39, 0.29) is 45.8 Å². The molecule has 9 heterocycles. The number of carbonyl (C=O) groups excluding carboxylic acids is 7. The second-order valence-corrected chi connectivity index (χ2v) is 25.6. The van der Waals surface area contributed by atoms with Gasteiger partial charge in [-0.1, -0.05) is 49.4 Å². The molecule has 2 aromatic carbocycles. The topological polar surface area (TPSA) is 352 Å². The van der Waals surface area contributed by atoms with E-state index in [9.17, 15) is 33.9 Å². The highest BCUT2D eigenvalue weighted by atomic mass is 32.1. The molecule has 2 aliphatic rings. The van der Waals surface area contributed by atoms with Crippen molar-refractivity contribution in [3.05, 3.63) is 147 Å². The van der Waals surface area contributed by atoms with Gasteiger partial charge in [0.1, 0.15) is 99.9 Å². The largest absolute Gasteiger partial charge is 0.497 e. The number of alkyl carbamates (subject to hydrolysis) is 1. The van der Waals surface area contributed by atoms with Gasteiger partial charge in [0.15, 0.2) is 0 Å². The molecule has 24 nitrogen and oxygen atoms in total. The summed E-state index contributed by atoms with van der Waals surface area (Å²) in [5, 5.41) is 33.5. The van der Waals surface area contributed by atoms with Gasteiger partial charge in [-0.2, -0.15) is 0 Å². The van der Waals surface area contributed by atoms with Gasteiger partial charge in [-0.3, -0.25) is 28.8 Å². The molecule has 1 saturated heterocycles. The van der Waals surface area contributed by atoms with E-state index in [2.05, 4.69) is 36.2 Å². The summed E-state index contributed by atoms with van der Waals surface area (Å²) in [7, 11) is 1.53. The Morgan fingerprint density at radius 1 is 0.701 bits per heavy atom. The van der Waals surface area contributed by atoms with Crippen molar-refractivity contribution < 1.29 is 48.1 Å². The number of hydrogen-bond acceptors (Lipinski definition) is 23. The molecule has 1 unspecified atom stereocenters. The standard InChI is InChI=1S/C57H52N14O10S6/c1-5-60-57(79)81-39-19-71-44(25(39)2)55-68-38(24-86-55)52-64-34(20-83-52)42-30(15-16-31(61-42)51-65-35(21-84-51)46(59)74)50-66-36(22-82-50)47(75)62-32(18-40(58)72)53-70-41(26(3)87-53)49(77)69-43(45(73)28-9-7-6-8-10-28)54-67-37(23-85-54)48(76)63-33(56(71)78)17-27-11-13-29(80-4)14-12-27/h6-16,20-25,32-33,39,43-45,73H,5,17-19H2,1-4H3,(H2,58,72)(H2,59,74)(H,60,79)(H,62,75)(H,63,76)(H,69,77)/t25-,32-,33?,39-,43-,44-,45+/m0/s1. The number of aromatic nitrogens is 7. The lowest BCUT2D eigenvalue weighted by Gasteiger charge is -2.29. The van der Waals surface area contributed by atoms with Crippen LogP contribution in [0.3, 0.4) is 0 Å². The van der Waals surface area contributed by atoms with Crippen molar-refractivity contribution in [1.29, 1.82) is 0 Å². The van der Waals surface area contributed by atoms with Gasteiger partial charge < -0.3 is 52.2 Å². The molecule has 7 atom stereocenters. The normalized spacial score (nSPS) is 19.3. The van der Waals surface area contributed by atoms with E-state index in [0.29, 0.717) is 76.7 Å². The van der Waals surface area contributed by atoms with Crippen LogP contribution in [0.1, 0.15) is 117 Å². The Balaban J connectivity index is 1.03. The van der Waals surface area contributed by atoms with Crippen molar-refractivity contribution in [2.45, 2.75) is 70.0 Å². The number of nitrogens with two attached hydrogens (primary N) is 2. The molecule has 446 valence electrons. The van der Waals surface area contributed by atoms with Crippen molar-refractivity contribution >= 4 is 110 Å². The second kappa shape index (κ2) is 25.7. The van der Waals surface area contributed by atoms with Crippen molar-refractivity contribution in [3.63, 3.8) is 0 Å². The number of aliphatic hydroxyl groups excluding tert-OH is 1. The Labute approximate surface area is 519 Å². The fourth-order valence-corrected chi connectivity index (χ4v) is 15.2. The number of rotatable bonds is 11. The lowest BCUT2D eigenvalue weighted by Crippen LogP contribution is -2.50. The molecule has 0 aliphatic carbocycles. The Morgan fingerprint density at radius 3 is 2.08 bits per heavy atom. The molecule has 1 fully saturated rings. The predicted octanol–water partition coefficient (Wildman–Crippen LogP) is 7.44. The summed E-state index contributed by atoms with van der Waals surface area (Å²) < 4.78 is 11.4. The fourth-order valence-electron chi connectivity index (χ4n) is 9.89. The van der Waals surface area contributed by atoms with E-state index >= 15 is 4.79 Å². The molecule has 30 heteroatoms. The molecule has 2 aliphatic heterocycles. The third kappa shape index (κ3) is 12.9. The zero-order chi connectivity index (χ0) is 61.2. The molecular weight excluding hydrogens is 1230 g/mol. The number of nitrogens with one attached hydrogen (secondary N) is 4. The Bertz CT molecular complexity index is 4090. The number of pyridine rings is 1. The number of primary amides is 2. The van der Waals surface area contributed by atoms with E-state index in [1.54, 1.807) is 90.9 Å². The van der Waals surface area contributed by atoms with Crippen LogP contribution in [0, 0.1) is 12.8 Å². The zero-order valence-electron chi connectivity index (χ0n) is 46.4. The minimum absolute atomic E-state index is 0.00520. The van der Waals surface area contributed by atoms with Crippen LogP contribution < -0.4 is 37.5 Å². The second-order valence-electron chi connectivity index (χ2n) is 20.0. The molecule has 0 spiro atoms. The number of methoxy groups -OCH3 is 1. The Hall–Kier alpha value is -8.78. The summed E-state index contributed by atoms with van der Waals surface area (Å²) in [5.74, 6) is -4.14. The number of aliphatic hydroxyl groups is 1. The minimum atomic E-state index is -1.42. The van der Waals surface area contributed by atoms with E-state index in [1.165, 1.54) is 57.3 Å². The number of benzene rings is 2. The maximum Gasteiger partial charge on any atom is 0.407 e. The third-order valence-corrected chi connectivity index (χ3v) is 19.8. The first-order chi connectivity index (χ1) is 41.9. The van der Waals surface area contributed by atoms with E-state index < -0.39 is 90.3 Å². The van der Waals surface area contributed by atoms with Crippen LogP contribution >= 0.6 is 68.0 Å². The number of fused-ring (bicyclic) bond motifs is 16. The monoisotopic (exact) mass is 1280 g/mol. The number of aryl methyl sites for hydroxylation is 1. The third-order valence-electron chi connectivity index (χ3n) is 14.2. The van der Waals surface area contributed by atoms with Crippen molar-refractivity contribution in [1.82, 2.24) is 61.1 Å². The first-order valence-electron chi connectivity index (χ1n) is 26.8. The van der Waals surface area contributed by atoms with E-state index in [0.717, 1.165) is 34.0 Å². The maximum atomic E-state index is 15.5. The molecule has 0 saturated carbocycles. The SMILES string of the molecule is CCNC(=O)O[C@H]1CN2C(=O)C(Cc3ccc(OC)cc3)NC(=O)c3csc(n3)[C@H]([C@H](O)c3ccccc3)NC(=O)c3nc(sc3C)[C@H](CC(N)=O)NC(=O)c3csc(n3)-c3ccc(-c4nc(C(N)=O)cs4)nc3-c3csc(n3)-c3csc(n3)[C@@H]2[C@H]1C. The average Bonchev–Trinajstić information content (AvgIpc) is 2.32. The fraction of sp³-hybridized carbons (Fsp3) is 0.263. The van der Waals surface area contributed by atoms with Crippen LogP contribution in [-0.2, 0) is 20.7 Å². The first kappa shape index (κ1) is 59.9. The molecule has 0 radical (unpaired) electrons. The molecule has 10 bridgehead atoms. The van der Waals surface area contributed by atoms with Crippen LogP contribution in [0.4, 0.5) is 4.79 Å². The van der Waals surface area contributed by atoms with Gasteiger partial charge in [0.2, 0.25) is 11.8 Å². The highest BCUT2D eigenvalue weighted by Crippen LogP contribution is 2.44. The molecule has 9 aromatic rings. The number of carbonyl (C=O) groups is 7. The number of hydrogen-bond donors (Lipinski definition) is 7. The summed E-state index contributed by atoms with van der Waals surface area (Å²) in [4.78, 5) is 132. The summed E-state index contributed by atoms with van der Waals surface area (Å²) in [5.41, 5.74) is 14.3. The maximum absolute atomic E-state index is 15.5. The lowest BCUT2D eigenvalue weighted by molar-refractivity contribution is -0.134. The Morgan fingerprint density at radius 2 is 1.36 bits per heavy atom. The molecule has 11 rings (SSSR count). The molecule has 9 N–H and O–H groups in total. The highest BCUT2D eigenvalue weighted by Gasteiger charge is 2.48. The smallest absolute Gasteiger partial charge is 0.407 e. The first-order valence-corrected chi connectivity index (χ1v) is 32.0. The van der Waals surface area contributed by atoms with E-state index in [1.807, 2.05) is 12.3 Å². The number of ether oxygens (including phenoxy) is 2. The number of amides is 7. The predicted molar refractivity (Wildman–Crippen MR) is 327 cm³/mol. The number of thiazole rings is 6. The van der Waals surface area contributed by atoms with E-state index in [4.69, 9.17) is 40.9 Å². The summed E-state index contributed by atoms with van der Waals surface area (Å²) >= 11 is 6.89. The zero-order valence-corrected chi connectivity index (χ0v) is 51.3. The van der Waals surface area contributed by atoms with Gasteiger partial charge in [0.25, 0.3) is 23.6 Å². The van der Waals surface area contributed by atoms with Crippen LogP contribution in [0.25, 0.3) is 43.4 Å².